The number of hydrogen-bond donors (Lipinski definition) is 3. The molecule has 264 valence electrons. The van der Waals surface area contributed by atoms with E-state index in [0.29, 0.717) is 35.0 Å². The van der Waals surface area contributed by atoms with Crippen molar-refractivity contribution in [2.45, 2.75) is 64.7 Å². The average molecular weight is 675 g/mol. The smallest absolute Gasteiger partial charge is 0.321 e. The topological polar surface area (TPSA) is 130 Å². The lowest BCUT2D eigenvalue weighted by Gasteiger charge is -2.35. The van der Waals surface area contributed by atoms with Crippen LogP contribution in [0.1, 0.15) is 56.0 Å². The van der Waals surface area contributed by atoms with E-state index in [1.807, 2.05) is 44.2 Å². The lowest BCUT2D eigenvalue weighted by atomic mass is 10.0. The monoisotopic (exact) mass is 674 g/mol. The number of rotatable bonds is 9. The molecule has 1 heterocycles. The fourth-order valence-corrected chi connectivity index (χ4v) is 5.70. The highest BCUT2D eigenvalue weighted by molar-refractivity contribution is 6.00. The van der Waals surface area contributed by atoms with Crippen LogP contribution in [0.5, 0.6) is 11.5 Å². The highest BCUT2D eigenvalue weighted by Crippen LogP contribution is 2.29. The van der Waals surface area contributed by atoms with Crippen LogP contribution in [0, 0.1) is 5.92 Å². The molecule has 4 atom stereocenters. The van der Waals surface area contributed by atoms with Gasteiger partial charge in [0.05, 0.1) is 44.0 Å². The van der Waals surface area contributed by atoms with E-state index in [2.05, 4.69) is 10.6 Å². The molecule has 3 aromatic carbocycles. The van der Waals surface area contributed by atoms with Gasteiger partial charge < -0.3 is 39.8 Å². The van der Waals surface area contributed by atoms with E-state index < -0.39 is 12.1 Å². The van der Waals surface area contributed by atoms with E-state index >= 15 is 0 Å². The van der Waals surface area contributed by atoms with Crippen LogP contribution in [0.2, 0.25) is 0 Å². The molecule has 0 saturated heterocycles. The van der Waals surface area contributed by atoms with Crippen molar-refractivity contribution in [2.24, 2.45) is 5.92 Å². The Labute approximate surface area is 289 Å². The summed E-state index contributed by atoms with van der Waals surface area (Å²) in [5.74, 6) is 0.353. The molecule has 11 heteroatoms. The quantitative estimate of drug-likeness (QED) is 0.260. The van der Waals surface area contributed by atoms with Crippen molar-refractivity contribution in [3.8, 4) is 11.5 Å². The molecule has 0 unspecified atom stereocenters. The minimum absolute atomic E-state index is 0.181. The molecule has 0 saturated carbocycles. The van der Waals surface area contributed by atoms with E-state index in [4.69, 9.17) is 14.2 Å². The summed E-state index contributed by atoms with van der Waals surface area (Å²) in [7, 11) is 3.30. The van der Waals surface area contributed by atoms with Crippen LogP contribution in [0.25, 0.3) is 0 Å². The van der Waals surface area contributed by atoms with Gasteiger partial charge in [0.15, 0.2) is 0 Å². The van der Waals surface area contributed by atoms with E-state index in [-0.39, 0.29) is 56.0 Å². The Bertz CT molecular complexity index is 1520. The van der Waals surface area contributed by atoms with Gasteiger partial charge in [0.25, 0.3) is 5.91 Å². The minimum Gasteiger partial charge on any atom is -0.497 e. The van der Waals surface area contributed by atoms with Crippen LogP contribution < -0.4 is 20.1 Å². The van der Waals surface area contributed by atoms with Gasteiger partial charge in [-0.3, -0.25) is 9.59 Å². The van der Waals surface area contributed by atoms with Gasteiger partial charge in [-0.05, 0) is 81.1 Å². The predicted octanol–water partition coefficient (Wildman–Crippen LogP) is 5.84. The first-order chi connectivity index (χ1) is 23.6. The maximum atomic E-state index is 14.4. The number of amides is 4. The second-order valence-corrected chi connectivity index (χ2v) is 12.8. The molecule has 0 bridgehead atoms. The number of carbonyl (C=O) groups is 3. The Kier molecular flexibility index (Phi) is 13.8. The van der Waals surface area contributed by atoms with E-state index in [0.717, 1.165) is 24.8 Å². The SMILES string of the molecule is COc1ccc(NC(=O)N(C)C[C@@H]2OCCCC[C@H](C)Oc3ccc(NC(=O)Cc4ccccc4)cc3C(=O)N([C@H](C)CO)C[C@H]2C)cc1. The lowest BCUT2D eigenvalue weighted by Crippen LogP contribution is -2.48. The first kappa shape index (κ1) is 37.2. The zero-order valence-electron chi connectivity index (χ0n) is 29.2. The number of fused-ring (bicyclic) bond motifs is 1. The van der Waals surface area contributed by atoms with Crippen molar-refractivity contribution in [3.05, 3.63) is 83.9 Å². The first-order valence-corrected chi connectivity index (χ1v) is 16.9. The van der Waals surface area contributed by atoms with Crippen molar-refractivity contribution >= 4 is 29.2 Å². The zero-order valence-corrected chi connectivity index (χ0v) is 29.2. The minimum atomic E-state index is -0.527. The molecule has 0 spiro atoms. The number of aliphatic hydroxyl groups is 1. The van der Waals surface area contributed by atoms with E-state index in [1.54, 1.807) is 73.3 Å². The van der Waals surface area contributed by atoms with Gasteiger partial charge in [-0.25, -0.2) is 4.79 Å². The summed E-state index contributed by atoms with van der Waals surface area (Å²) in [6.07, 6.45) is 2.01. The molecule has 0 radical (unpaired) electrons. The number of methoxy groups -OCH3 is 1. The Morgan fingerprint density at radius 1 is 1.02 bits per heavy atom. The molecule has 4 rings (SSSR count). The first-order valence-electron chi connectivity index (χ1n) is 16.9. The fourth-order valence-electron chi connectivity index (χ4n) is 5.70. The van der Waals surface area contributed by atoms with Crippen molar-refractivity contribution in [1.29, 1.82) is 0 Å². The van der Waals surface area contributed by atoms with Crippen molar-refractivity contribution < 1.29 is 33.7 Å². The van der Waals surface area contributed by atoms with Gasteiger partial charge in [-0.2, -0.15) is 0 Å². The van der Waals surface area contributed by atoms with Crippen molar-refractivity contribution in [2.75, 3.05) is 51.1 Å². The largest absolute Gasteiger partial charge is 0.497 e. The molecular weight excluding hydrogens is 624 g/mol. The molecule has 1 aliphatic heterocycles. The standard InChI is InChI=1S/C38H50N4O7/c1-26-23-42(27(2)25-43)37(45)33-22-31(39-36(44)21-29-12-7-6-8-13-29)16-19-34(33)49-28(3)11-9-10-20-48-35(26)24-41(4)38(46)40-30-14-17-32(47-5)18-15-30/h6-8,12-19,22,26-28,35,43H,9-11,20-21,23-25H2,1-5H3,(H,39,44)(H,40,46)/t26-,27-,28+,35+/m1/s1. The summed E-state index contributed by atoms with van der Waals surface area (Å²) in [5.41, 5.74) is 2.28. The molecule has 0 aliphatic carbocycles. The summed E-state index contributed by atoms with van der Waals surface area (Å²) in [6, 6.07) is 20.8. The lowest BCUT2D eigenvalue weighted by molar-refractivity contribution is -0.115. The van der Waals surface area contributed by atoms with Gasteiger partial charge in [-0.1, -0.05) is 37.3 Å². The third-order valence-corrected chi connectivity index (χ3v) is 8.68. The summed E-state index contributed by atoms with van der Waals surface area (Å²) in [4.78, 5) is 43.6. The molecule has 49 heavy (non-hydrogen) atoms. The van der Waals surface area contributed by atoms with Crippen LogP contribution in [-0.2, 0) is 16.0 Å². The van der Waals surface area contributed by atoms with Gasteiger partial charge in [0, 0.05) is 44.0 Å². The number of anilines is 2. The summed E-state index contributed by atoms with van der Waals surface area (Å²) < 4.78 is 17.9. The molecule has 3 N–H and O–H groups in total. The molecule has 11 nitrogen and oxygen atoms in total. The number of nitrogens with one attached hydrogen (secondary N) is 2. The Morgan fingerprint density at radius 3 is 2.43 bits per heavy atom. The average Bonchev–Trinajstić information content (AvgIpc) is 3.10. The van der Waals surface area contributed by atoms with Crippen LogP contribution in [0.3, 0.4) is 0 Å². The third kappa shape index (κ3) is 11.0. The number of carbonyl (C=O) groups excluding carboxylic acids is 3. The predicted molar refractivity (Wildman–Crippen MR) is 190 cm³/mol. The Morgan fingerprint density at radius 2 is 1.73 bits per heavy atom. The van der Waals surface area contributed by atoms with Gasteiger partial charge in [0.1, 0.15) is 11.5 Å². The van der Waals surface area contributed by atoms with E-state index in [1.165, 1.54) is 0 Å². The molecule has 1 aliphatic rings. The summed E-state index contributed by atoms with van der Waals surface area (Å²) in [6.45, 7) is 6.50. The normalized spacial score (nSPS) is 19.4. The number of urea groups is 1. The molecule has 4 amide bonds. The second kappa shape index (κ2) is 18.2. The number of benzene rings is 3. The van der Waals surface area contributed by atoms with Crippen molar-refractivity contribution in [1.82, 2.24) is 9.80 Å². The van der Waals surface area contributed by atoms with Crippen molar-refractivity contribution in [3.63, 3.8) is 0 Å². The Balaban J connectivity index is 1.56. The highest BCUT2D eigenvalue weighted by atomic mass is 16.5. The van der Waals surface area contributed by atoms with Gasteiger partial charge >= 0.3 is 6.03 Å². The highest BCUT2D eigenvalue weighted by Gasteiger charge is 2.31. The molecule has 0 fully saturated rings. The zero-order chi connectivity index (χ0) is 35.3. The summed E-state index contributed by atoms with van der Waals surface area (Å²) >= 11 is 0. The third-order valence-electron chi connectivity index (χ3n) is 8.68. The molecule has 0 aromatic heterocycles. The maximum Gasteiger partial charge on any atom is 0.321 e. The van der Waals surface area contributed by atoms with Gasteiger partial charge in [-0.15, -0.1) is 0 Å². The Hall–Kier alpha value is -4.61. The van der Waals surface area contributed by atoms with Crippen LogP contribution in [0.4, 0.5) is 16.2 Å². The molecular formula is C38H50N4O7. The number of hydrogen-bond acceptors (Lipinski definition) is 7. The van der Waals surface area contributed by atoms with Crippen LogP contribution in [0.15, 0.2) is 72.8 Å². The molecule has 3 aromatic rings. The number of ether oxygens (including phenoxy) is 3. The van der Waals surface area contributed by atoms with Crippen LogP contribution >= 0.6 is 0 Å². The summed E-state index contributed by atoms with van der Waals surface area (Å²) in [5, 5.41) is 16.1. The van der Waals surface area contributed by atoms with E-state index in [9.17, 15) is 19.5 Å². The second-order valence-electron chi connectivity index (χ2n) is 12.8. The maximum absolute atomic E-state index is 14.4. The van der Waals surface area contributed by atoms with Crippen LogP contribution in [-0.4, -0.2) is 91.5 Å². The number of likely N-dealkylation sites (N-methyl/N-ethyl adjacent to an activating group) is 1. The number of aliphatic hydroxyl groups excluding tert-OH is 1. The fraction of sp³-hybridized carbons (Fsp3) is 0.447. The number of nitrogens with zero attached hydrogens (tertiary/aromatic N) is 2. The van der Waals surface area contributed by atoms with Gasteiger partial charge in [0.2, 0.25) is 5.91 Å².